The van der Waals surface area contributed by atoms with Crippen LogP contribution in [0.25, 0.3) is 0 Å². The second kappa shape index (κ2) is 7.12. The molecule has 1 aliphatic rings. The summed E-state index contributed by atoms with van der Waals surface area (Å²) in [4.78, 5) is 0. The van der Waals surface area contributed by atoms with Crippen LogP contribution in [0.4, 0.5) is 8.78 Å². The molecule has 1 aromatic carbocycles. The van der Waals surface area contributed by atoms with E-state index in [0.29, 0.717) is 18.8 Å². The first-order chi connectivity index (χ1) is 9.99. The van der Waals surface area contributed by atoms with Gasteiger partial charge in [0, 0.05) is 25.2 Å². The van der Waals surface area contributed by atoms with Crippen LogP contribution in [0.3, 0.4) is 0 Å². The highest BCUT2D eigenvalue weighted by molar-refractivity contribution is 7.87. The Labute approximate surface area is 121 Å². The molecule has 1 aliphatic heterocycles. The molecule has 1 fully saturated rings. The number of alkyl halides is 2. The van der Waals surface area contributed by atoms with E-state index in [0.717, 1.165) is 0 Å². The molecule has 1 aromatic rings. The van der Waals surface area contributed by atoms with E-state index < -0.39 is 16.8 Å². The Bertz CT molecular complexity index is 562. The molecule has 6 nitrogen and oxygen atoms in total. The van der Waals surface area contributed by atoms with Gasteiger partial charge in [0.25, 0.3) is 10.2 Å². The standard InChI is InChI=1S/C12H16F2N2O4S/c13-12(14)20-11-4-2-1-3-10(11)9-15-21(17,18)16-5-7-19-8-6-16/h1-4,12,15H,5-9H2. The Balaban J connectivity index is 2.02. The van der Waals surface area contributed by atoms with Crippen LogP contribution in [0.5, 0.6) is 5.75 Å². The molecule has 0 spiro atoms. The van der Waals surface area contributed by atoms with Crippen LogP contribution in [0.2, 0.25) is 0 Å². The number of ether oxygens (including phenoxy) is 2. The van der Waals surface area contributed by atoms with Gasteiger partial charge in [0.15, 0.2) is 0 Å². The topological polar surface area (TPSA) is 67.9 Å². The van der Waals surface area contributed by atoms with Gasteiger partial charge in [0.2, 0.25) is 0 Å². The number of hydrogen-bond acceptors (Lipinski definition) is 4. The molecule has 1 saturated heterocycles. The molecule has 0 radical (unpaired) electrons. The molecule has 0 aromatic heterocycles. The first kappa shape index (κ1) is 16.1. The third-order valence-electron chi connectivity index (χ3n) is 2.94. The number of nitrogens with zero attached hydrogens (tertiary/aromatic N) is 1. The minimum atomic E-state index is -3.67. The van der Waals surface area contributed by atoms with Crippen molar-refractivity contribution in [2.24, 2.45) is 0 Å². The van der Waals surface area contributed by atoms with Crippen LogP contribution in [-0.4, -0.2) is 45.6 Å². The highest BCUT2D eigenvalue weighted by Crippen LogP contribution is 2.20. The monoisotopic (exact) mass is 322 g/mol. The Kier molecular flexibility index (Phi) is 5.45. The lowest BCUT2D eigenvalue weighted by atomic mass is 10.2. The first-order valence-corrected chi connectivity index (χ1v) is 7.78. The molecular weight excluding hydrogens is 306 g/mol. The van der Waals surface area contributed by atoms with Gasteiger partial charge in [0.1, 0.15) is 5.75 Å². The summed E-state index contributed by atoms with van der Waals surface area (Å²) in [7, 11) is -3.67. The molecule has 1 N–H and O–H groups in total. The Morgan fingerprint density at radius 2 is 1.95 bits per heavy atom. The smallest absolute Gasteiger partial charge is 0.387 e. The molecular formula is C12H16F2N2O4S. The third kappa shape index (κ3) is 4.60. The molecule has 118 valence electrons. The fourth-order valence-electron chi connectivity index (χ4n) is 1.91. The van der Waals surface area contributed by atoms with Crippen LogP contribution >= 0.6 is 0 Å². The minimum Gasteiger partial charge on any atom is -0.434 e. The molecule has 9 heteroatoms. The van der Waals surface area contributed by atoms with E-state index in [9.17, 15) is 17.2 Å². The summed E-state index contributed by atoms with van der Waals surface area (Å²) in [6.45, 7) is -1.86. The average Bonchev–Trinajstić information content (AvgIpc) is 2.47. The summed E-state index contributed by atoms with van der Waals surface area (Å²) < 4.78 is 61.8. The molecule has 1 heterocycles. The number of rotatable bonds is 6. The molecule has 0 amide bonds. The minimum absolute atomic E-state index is 0.0443. The van der Waals surface area contributed by atoms with Gasteiger partial charge in [-0.1, -0.05) is 18.2 Å². The summed E-state index contributed by atoms with van der Waals surface area (Å²) >= 11 is 0. The van der Waals surface area contributed by atoms with Crippen molar-refractivity contribution in [1.29, 1.82) is 0 Å². The fourth-order valence-corrected chi connectivity index (χ4v) is 3.06. The van der Waals surface area contributed by atoms with E-state index in [1.807, 2.05) is 0 Å². The number of benzene rings is 1. The van der Waals surface area contributed by atoms with Gasteiger partial charge in [-0.05, 0) is 6.07 Å². The number of nitrogens with one attached hydrogen (secondary N) is 1. The summed E-state index contributed by atoms with van der Waals surface area (Å²) in [6.07, 6.45) is 0. The van der Waals surface area contributed by atoms with Gasteiger partial charge in [-0.3, -0.25) is 0 Å². The van der Waals surface area contributed by atoms with Crippen LogP contribution in [0, 0.1) is 0 Å². The van der Waals surface area contributed by atoms with Gasteiger partial charge in [-0.25, -0.2) is 0 Å². The van der Waals surface area contributed by atoms with E-state index in [2.05, 4.69) is 9.46 Å². The fraction of sp³-hybridized carbons (Fsp3) is 0.500. The van der Waals surface area contributed by atoms with E-state index >= 15 is 0 Å². The largest absolute Gasteiger partial charge is 0.434 e. The van der Waals surface area contributed by atoms with Crippen molar-refractivity contribution in [1.82, 2.24) is 9.03 Å². The van der Waals surface area contributed by atoms with Gasteiger partial charge < -0.3 is 9.47 Å². The predicted molar refractivity (Wildman–Crippen MR) is 71.2 cm³/mol. The van der Waals surface area contributed by atoms with Gasteiger partial charge in [-0.15, -0.1) is 0 Å². The SMILES string of the molecule is O=S(=O)(NCc1ccccc1OC(F)F)N1CCOCC1. The lowest BCUT2D eigenvalue weighted by Crippen LogP contribution is -2.46. The van der Waals surface area contributed by atoms with E-state index in [4.69, 9.17) is 4.74 Å². The third-order valence-corrected chi connectivity index (χ3v) is 4.50. The molecule has 21 heavy (non-hydrogen) atoms. The van der Waals surface area contributed by atoms with Crippen LogP contribution in [0.15, 0.2) is 24.3 Å². The zero-order chi connectivity index (χ0) is 15.3. The maximum absolute atomic E-state index is 12.3. The zero-order valence-corrected chi connectivity index (χ0v) is 12.0. The van der Waals surface area contributed by atoms with Crippen molar-refractivity contribution in [3.8, 4) is 5.75 Å². The Morgan fingerprint density at radius 3 is 2.62 bits per heavy atom. The van der Waals surface area contributed by atoms with E-state index in [1.54, 1.807) is 6.07 Å². The predicted octanol–water partition coefficient (Wildman–Crippen LogP) is 0.955. The first-order valence-electron chi connectivity index (χ1n) is 6.34. The number of halogens is 2. The molecule has 2 rings (SSSR count). The molecule has 0 aliphatic carbocycles. The number of hydrogen-bond donors (Lipinski definition) is 1. The summed E-state index contributed by atoms with van der Waals surface area (Å²) in [6, 6.07) is 6.05. The maximum Gasteiger partial charge on any atom is 0.387 e. The zero-order valence-electron chi connectivity index (χ0n) is 11.2. The Morgan fingerprint density at radius 1 is 1.29 bits per heavy atom. The number of para-hydroxylation sites is 1. The van der Waals surface area contributed by atoms with E-state index in [1.165, 1.54) is 22.5 Å². The van der Waals surface area contributed by atoms with Crippen molar-refractivity contribution in [2.45, 2.75) is 13.2 Å². The number of morpholine rings is 1. The quantitative estimate of drug-likeness (QED) is 0.847. The van der Waals surface area contributed by atoms with Crippen LogP contribution in [0.1, 0.15) is 5.56 Å². The van der Waals surface area contributed by atoms with Crippen LogP contribution in [-0.2, 0) is 21.5 Å². The molecule has 0 saturated carbocycles. The normalized spacial score (nSPS) is 17.1. The van der Waals surface area contributed by atoms with Crippen LogP contribution < -0.4 is 9.46 Å². The lowest BCUT2D eigenvalue weighted by Gasteiger charge is -2.26. The van der Waals surface area contributed by atoms with Crippen molar-refractivity contribution < 1.29 is 26.7 Å². The summed E-state index contributed by atoms with van der Waals surface area (Å²) in [5.74, 6) is -0.0443. The highest BCUT2D eigenvalue weighted by atomic mass is 32.2. The van der Waals surface area contributed by atoms with Crippen molar-refractivity contribution in [2.75, 3.05) is 26.3 Å². The maximum atomic E-state index is 12.3. The summed E-state index contributed by atoms with van der Waals surface area (Å²) in [5.41, 5.74) is 0.342. The molecule has 0 atom stereocenters. The lowest BCUT2D eigenvalue weighted by molar-refractivity contribution is -0.0504. The van der Waals surface area contributed by atoms with Crippen molar-refractivity contribution in [3.05, 3.63) is 29.8 Å². The van der Waals surface area contributed by atoms with Crippen molar-refractivity contribution >= 4 is 10.2 Å². The molecule has 0 unspecified atom stereocenters. The van der Waals surface area contributed by atoms with Gasteiger partial charge in [-0.2, -0.15) is 26.2 Å². The highest BCUT2D eigenvalue weighted by Gasteiger charge is 2.24. The average molecular weight is 322 g/mol. The molecule has 0 bridgehead atoms. The Hall–Kier alpha value is -1.29. The second-order valence-corrected chi connectivity index (χ2v) is 6.08. The van der Waals surface area contributed by atoms with E-state index in [-0.39, 0.29) is 25.4 Å². The van der Waals surface area contributed by atoms with Crippen molar-refractivity contribution in [3.63, 3.8) is 0 Å². The second-order valence-electron chi connectivity index (χ2n) is 4.32. The van der Waals surface area contributed by atoms with Gasteiger partial charge in [0.05, 0.1) is 13.2 Å². The summed E-state index contributed by atoms with van der Waals surface area (Å²) in [5, 5.41) is 0. The van der Waals surface area contributed by atoms with Gasteiger partial charge >= 0.3 is 6.61 Å².